The van der Waals surface area contributed by atoms with Crippen molar-refractivity contribution in [3.63, 3.8) is 0 Å². The highest BCUT2D eigenvalue weighted by Gasteiger charge is 2.09. The molecule has 0 saturated carbocycles. The first-order valence-corrected chi connectivity index (χ1v) is 7.98. The highest BCUT2D eigenvalue weighted by atomic mass is 15.3. The Labute approximate surface area is 142 Å². The molecule has 3 rings (SSSR count). The number of para-hydroxylation sites is 1. The van der Waals surface area contributed by atoms with Gasteiger partial charge in [0.1, 0.15) is 0 Å². The van der Waals surface area contributed by atoms with E-state index in [0.717, 1.165) is 16.8 Å². The van der Waals surface area contributed by atoms with Gasteiger partial charge < -0.3 is 10.6 Å². The third kappa shape index (κ3) is 3.68. The van der Waals surface area contributed by atoms with Crippen molar-refractivity contribution >= 4 is 17.5 Å². The topological polar surface area (TPSA) is 62.7 Å². The first kappa shape index (κ1) is 15.9. The van der Waals surface area contributed by atoms with Crippen molar-refractivity contribution in [2.75, 3.05) is 10.6 Å². The molecule has 24 heavy (non-hydrogen) atoms. The van der Waals surface area contributed by atoms with Gasteiger partial charge in [-0.1, -0.05) is 48.5 Å². The normalized spacial score (nSPS) is 11.8. The number of hydrogen-bond acceptors (Lipinski definition) is 5. The summed E-state index contributed by atoms with van der Waals surface area (Å²) in [4.78, 5) is 4.52. The standard InChI is InChI=1S/C19H21N5/c1-13-8-7-9-14(2)18(13)23-19-22-17(12-20-24-19)21-15(3)16-10-5-4-6-11-16/h4-12,15H,1-3H3,(H2,21,22,23,24). The van der Waals surface area contributed by atoms with Crippen molar-refractivity contribution < 1.29 is 0 Å². The van der Waals surface area contributed by atoms with Gasteiger partial charge in [-0.3, -0.25) is 0 Å². The summed E-state index contributed by atoms with van der Waals surface area (Å²) in [7, 11) is 0. The van der Waals surface area contributed by atoms with Crippen LogP contribution < -0.4 is 10.6 Å². The Hall–Kier alpha value is -2.95. The first-order valence-electron chi connectivity index (χ1n) is 7.98. The molecule has 2 N–H and O–H groups in total. The van der Waals surface area contributed by atoms with Gasteiger partial charge in [0.15, 0.2) is 5.82 Å². The van der Waals surface area contributed by atoms with Gasteiger partial charge in [-0.15, -0.1) is 5.10 Å². The summed E-state index contributed by atoms with van der Waals surface area (Å²) in [5, 5.41) is 14.8. The molecule has 3 aromatic rings. The Kier molecular flexibility index (Phi) is 4.70. The number of rotatable bonds is 5. The maximum atomic E-state index is 4.52. The van der Waals surface area contributed by atoms with Gasteiger partial charge in [-0.25, -0.2) is 0 Å². The molecule has 0 fully saturated rings. The molecule has 5 heteroatoms. The third-order valence-corrected chi connectivity index (χ3v) is 3.94. The molecule has 0 aliphatic carbocycles. The van der Waals surface area contributed by atoms with Crippen LogP contribution in [0.4, 0.5) is 17.5 Å². The van der Waals surface area contributed by atoms with Crippen LogP contribution in [-0.2, 0) is 0 Å². The Morgan fingerprint density at radius 3 is 2.33 bits per heavy atom. The van der Waals surface area contributed by atoms with Crippen molar-refractivity contribution in [3.05, 3.63) is 71.4 Å². The van der Waals surface area contributed by atoms with Crippen LogP contribution in [0.2, 0.25) is 0 Å². The second kappa shape index (κ2) is 7.08. The molecule has 2 aromatic carbocycles. The van der Waals surface area contributed by atoms with E-state index in [2.05, 4.69) is 70.9 Å². The highest BCUT2D eigenvalue weighted by molar-refractivity contribution is 5.63. The van der Waals surface area contributed by atoms with Gasteiger partial charge in [0.2, 0.25) is 5.95 Å². The van der Waals surface area contributed by atoms with Crippen LogP contribution in [0.5, 0.6) is 0 Å². The van der Waals surface area contributed by atoms with Crippen molar-refractivity contribution in [1.82, 2.24) is 15.2 Å². The summed E-state index contributed by atoms with van der Waals surface area (Å²) in [6, 6.07) is 16.5. The zero-order valence-corrected chi connectivity index (χ0v) is 14.1. The molecule has 0 aliphatic heterocycles. The van der Waals surface area contributed by atoms with Crippen LogP contribution in [0, 0.1) is 13.8 Å². The lowest BCUT2D eigenvalue weighted by atomic mass is 10.1. The summed E-state index contributed by atoms with van der Waals surface area (Å²) < 4.78 is 0. The van der Waals surface area contributed by atoms with Crippen LogP contribution >= 0.6 is 0 Å². The lowest BCUT2D eigenvalue weighted by molar-refractivity contribution is 0.861. The average molecular weight is 319 g/mol. The molecule has 1 unspecified atom stereocenters. The Morgan fingerprint density at radius 2 is 1.62 bits per heavy atom. The van der Waals surface area contributed by atoms with Crippen molar-refractivity contribution in [2.24, 2.45) is 0 Å². The fourth-order valence-corrected chi connectivity index (χ4v) is 2.60. The zero-order valence-electron chi connectivity index (χ0n) is 14.1. The van der Waals surface area contributed by atoms with E-state index in [1.54, 1.807) is 6.20 Å². The molecule has 1 heterocycles. The molecular formula is C19H21N5. The number of nitrogens with zero attached hydrogens (tertiary/aromatic N) is 3. The van der Waals surface area contributed by atoms with Gasteiger partial charge in [0, 0.05) is 11.7 Å². The lowest BCUT2D eigenvalue weighted by Gasteiger charge is -2.15. The molecule has 0 saturated heterocycles. The van der Waals surface area contributed by atoms with Gasteiger partial charge in [-0.2, -0.15) is 10.1 Å². The molecule has 0 bridgehead atoms. The molecule has 122 valence electrons. The Balaban J connectivity index is 1.77. The molecule has 0 radical (unpaired) electrons. The summed E-state index contributed by atoms with van der Waals surface area (Å²) in [5.74, 6) is 1.17. The quantitative estimate of drug-likeness (QED) is 0.729. The highest BCUT2D eigenvalue weighted by Crippen LogP contribution is 2.23. The van der Waals surface area contributed by atoms with E-state index in [1.165, 1.54) is 5.56 Å². The average Bonchev–Trinajstić information content (AvgIpc) is 2.59. The molecule has 1 atom stereocenters. The SMILES string of the molecule is Cc1cccc(C)c1Nc1nncc(NC(C)c2ccccc2)n1. The predicted molar refractivity (Wildman–Crippen MR) is 97.5 cm³/mol. The van der Waals surface area contributed by atoms with Crippen molar-refractivity contribution in [3.8, 4) is 0 Å². The second-order valence-corrected chi connectivity index (χ2v) is 5.83. The zero-order chi connectivity index (χ0) is 16.9. The van der Waals surface area contributed by atoms with E-state index >= 15 is 0 Å². The molecule has 1 aromatic heterocycles. The molecule has 0 amide bonds. The number of aromatic nitrogens is 3. The number of aryl methyl sites for hydroxylation is 2. The van der Waals surface area contributed by atoms with E-state index in [0.29, 0.717) is 11.8 Å². The maximum Gasteiger partial charge on any atom is 0.249 e. The Morgan fingerprint density at radius 1 is 0.917 bits per heavy atom. The molecule has 0 spiro atoms. The lowest BCUT2D eigenvalue weighted by Crippen LogP contribution is -2.10. The van der Waals surface area contributed by atoms with E-state index in [4.69, 9.17) is 0 Å². The van der Waals surface area contributed by atoms with Crippen LogP contribution in [0.3, 0.4) is 0 Å². The fraction of sp³-hybridized carbons (Fsp3) is 0.211. The van der Waals surface area contributed by atoms with Gasteiger partial charge >= 0.3 is 0 Å². The summed E-state index contributed by atoms with van der Waals surface area (Å²) >= 11 is 0. The summed E-state index contributed by atoms with van der Waals surface area (Å²) in [5.41, 5.74) is 4.51. The molecule has 0 aliphatic rings. The molecule has 5 nitrogen and oxygen atoms in total. The van der Waals surface area contributed by atoms with Crippen molar-refractivity contribution in [2.45, 2.75) is 26.8 Å². The number of hydrogen-bond donors (Lipinski definition) is 2. The smallest absolute Gasteiger partial charge is 0.249 e. The fourth-order valence-electron chi connectivity index (χ4n) is 2.60. The van der Waals surface area contributed by atoms with Crippen LogP contribution in [-0.4, -0.2) is 15.2 Å². The first-order chi connectivity index (χ1) is 11.6. The van der Waals surface area contributed by atoms with Crippen molar-refractivity contribution in [1.29, 1.82) is 0 Å². The predicted octanol–water partition coefficient (Wildman–Crippen LogP) is 4.41. The van der Waals surface area contributed by atoms with E-state index in [1.807, 2.05) is 24.3 Å². The van der Waals surface area contributed by atoms with E-state index < -0.39 is 0 Å². The van der Waals surface area contributed by atoms with Crippen LogP contribution in [0.1, 0.15) is 29.7 Å². The second-order valence-electron chi connectivity index (χ2n) is 5.83. The number of anilines is 3. The minimum Gasteiger partial charge on any atom is -0.362 e. The number of benzene rings is 2. The minimum absolute atomic E-state index is 0.135. The minimum atomic E-state index is 0.135. The van der Waals surface area contributed by atoms with Gasteiger partial charge in [0.25, 0.3) is 0 Å². The summed E-state index contributed by atoms with van der Waals surface area (Å²) in [6.45, 7) is 6.21. The monoisotopic (exact) mass is 319 g/mol. The Bertz CT molecular complexity index is 797. The van der Waals surface area contributed by atoms with Gasteiger partial charge in [-0.05, 0) is 37.5 Å². The third-order valence-electron chi connectivity index (χ3n) is 3.94. The van der Waals surface area contributed by atoms with E-state index in [9.17, 15) is 0 Å². The van der Waals surface area contributed by atoms with E-state index in [-0.39, 0.29) is 6.04 Å². The van der Waals surface area contributed by atoms with Crippen LogP contribution in [0.15, 0.2) is 54.7 Å². The van der Waals surface area contributed by atoms with Gasteiger partial charge in [0.05, 0.1) is 6.20 Å². The summed E-state index contributed by atoms with van der Waals surface area (Å²) in [6.07, 6.45) is 1.63. The number of nitrogens with one attached hydrogen (secondary N) is 2. The largest absolute Gasteiger partial charge is 0.362 e. The molecular weight excluding hydrogens is 298 g/mol. The maximum absolute atomic E-state index is 4.52. The van der Waals surface area contributed by atoms with Crippen LogP contribution in [0.25, 0.3) is 0 Å².